The lowest BCUT2D eigenvalue weighted by atomic mass is 10.0. The zero-order chi connectivity index (χ0) is 11.2. The van der Waals surface area contributed by atoms with Crippen LogP contribution in [0.15, 0.2) is 60.7 Å². The molecular weight excluding hydrogens is 267 g/mol. The molecular formula is C15H16Cl2O. The number of aryl methyl sites for hydroxylation is 1. The molecule has 0 aliphatic rings. The monoisotopic (exact) mass is 282 g/mol. The summed E-state index contributed by atoms with van der Waals surface area (Å²) in [5, 5.41) is 0. The van der Waals surface area contributed by atoms with E-state index in [2.05, 4.69) is 12.1 Å². The Morgan fingerprint density at radius 3 is 1.83 bits per heavy atom. The molecule has 0 atom stereocenters. The van der Waals surface area contributed by atoms with E-state index in [1.807, 2.05) is 48.5 Å². The van der Waals surface area contributed by atoms with Crippen LogP contribution in [0.1, 0.15) is 22.3 Å². The molecule has 0 spiro atoms. The smallest absolute Gasteiger partial charge is 0.163 e. The molecule has 0 aromatic heterocycles. The summed E-state index contributed by atoms with van der Waals surface area (Å²) in [5.74, 6) is 0.212. The number of carbonyl (C=O) groups excluding carboxylic acids is 1. The van der Waals surface area contributed by atoms with Gasteiger partial charge in [0.2, 0.25) is 0 Å². The Morgan fingerprint density at radius 1 is 0.778 bits per heavy atom. The summed E-state index contributed by atoms with van der Waals surface area (Å²) < 4.78 is 0. The molecule has 0 unspecified atom stereocenters. The SMILES string of the molecule is Cl.Cl.O=C(CCc1ccccc1)c1ccccc1. The molecule has 0 bridgehead atoms. The molecule has 0 saturated heterocycles. The van der Waals surface area contributed by atoms with Gasteiger partial charge in [-0.2, -0.15) is 0 Å². The second kappa shape index (κ2) is 8.73. The van der Waals surface area contributed by atoms with Crippen molar-refractivity contribution in [2.45, 2.75) is 12.8 Å². The number of ketones is 1. The minimum absolute atomic E-state index is 0. The Kier molecular flexibility index (Phi) is 8.10. The van der Waals surface area contributed by atoms with Crippen LogP contribution < -0.4 is 0 Å². The number of rotatable bonds is 4. The molecule has 0 aliphatic heterocycles. The third kappa shape index (κ3) is 4.91. The van der Waals surface area contributed by atoms with Gasteiger partial charge in [-0.1, -0.05) is 60.7 Å². The van der Waals surface area contributed by atoms with Gasteiger partial charge < -0.3 is 0 Å². The highest BCUT2D eigenvalue weighted by molar-refractivity contribution is 5.96. The van der Waals surface area contributed by atoms with E-state index in [1.54, 1.807) is 0 Å². The first-order chi connectivity index (χ1) is 7.86. The van der Waals surface area contributed by atoms with Crippen molar-refractivity contribution in [2.24, 2.45) is 0 Å². The molecule has 1 nitrogen and oxygen atoms in total. The Labute approximate surface area is 120 Å². The van der Waals surface area contributed by atoms with E-state index in [-0.39, 0.29) is 30.6 Å². The summed E-state index contributed by atoms with van der Waals surface area (Å²) in [6, 6.07) is 19.6. The van der Waals surface area contributed by atoms with Gasteiger partial charge in [-0.15, -0.1) is 24.8 Å². The first-order valence-electron chi connectivity index (χ1n) is 5.48. The van der Waals surface area contributed by atoms with Crippen molar-refractivity contribution < 1.29 is 4.79 Å². The minimum atomic E-state index is 0. The van der Waals surface area contributed by atoms with E-state index in [0.717, 1.165) is 12.0 Å². The molecule has 0 aliphatic carbocycles. The van der Waals surface area contributed by atoms with Gasteiger partial charge in [0, 0.05) is 12.0 Å². The van der Waals surface area contributed by atoms with E-state index >= 15 is 0 Å². The molecule has 0 heterocycles. The first-order valence-corrected chi connectivity index (χ1v) is 5.48. The van der Waals surface area contributed by atoms with E-state index in [4.69, 9.17) is 0 Å². The summed E-state index contributed by atoms with van der Waals surface area (Å²) in [6.07, 6.45) is 1.39. The van der Waals surface area contributed by atoms with Gasteiger partial charge in [-0.05, 0) is 12.0 Å². The lowest BCUT2D eigenvalue weighted by Crippen LogP contribution is -2.00. The highest BCUT2D eigenvalue weighted by atomic mass is 35.5. The van der Waals surface area contributed by atoms with Crippen LogP contribution in [0.3, 0.4) is 0 Å². The zero-order valence-electron chi connectivity index (χ0n) is 9.91. The average Bonchev–Trinajstić information content (AvgIpc) is 2.38. The number of benzene rings is 2. The number of carbonyl (C=O) groups is 1. The molecule has 2 aromatic rings. The molecule has 0 N–H and O–H groups in total. The summed E-state index contributed by atoms with van der Waals surface area (Å²) in [5.41, 5.74) is 2.02. The average molecular weight is 283 g/mol. The van der Waals surface area contributed by atoms with Gasteiger partial charge in [0.1, 0.15) is 0 Å². The summed E-state index contributed by atoms with van der Waals surface area (Å²) >= 11 is 0. The number of Topliss-reactive ketones (excluding diaryl/α,β-unsaturated/α-hetero) is 1. The number of hydrogen-bond acceptors (Lipinski definition) is 1. The van der Waals surface area contributed by atoms with E-state index < -0.39 is 0 Å². The van der Waals surface area contributed by atoms with Crippen molar-refractivity contribution in [2.75, 3.05) is 0 Å². The van der Waals surface area contributed by atoms with Gasteiger partial charge in [0.15, 0.2) is 5.78 Å². The van der Waals surface area contributed by atoms with Crippen LogP contribution >= 0.6 is 24.8 Å². The van der Waals surface area contributed by atoms with Gasteiger partial charge in [0.05, 0.1) is 0 Å². The Morgan fingerprint density at radius 2 is 1.28 bits per heavy atom. The fourth-order valence-electron chi connectivity index (χ4n) is 1.67. The molecule has 0 fully saturated rings. The van der Waals surface area contributed by atoms with Crippen LogP contribution in [0.25, 0.3) is 0 Å². The quantitative estimate of drug-likeness (QED) is 0.762. The summed E-state index contributed by atoms with van der Waals surface area (Å²) in [4.78, 5) is 11.8. The summed E-state index contributed by atoms with van der Waals surface area (Å²) in [6.45, 7) is 0. The second-order valence-electron chi connectivity index (χ2n) is 3.77. The van der Waals surface area contributed by atoms with Crippen molar-refractivity contribution in [3.8, 4) is 0 Å². The first kappa shape index (κ1) is 16.7. The van der Waals surface area contributed by atoms with Crippen LogP contribution in [0.4, 0.5) is 0 Å². The largest absolute Gasteiger partial charge is 0.294 e. The molecule has 18 heavy (non-hydrogen) atoms. The predicted molar refractivity (Wildman–Crippen MR) is 80.0 cm³/mol. The van der Waals surface area contributed by atoms with E-state index in [1.165, 1.54) is 5.56 Å². The van der Waals surface area contributed by atoms with Crippen molar-refractivity contribution >= 4 is 30.6 Å². The predicted octanol–water partition coefficient (Wildman–Crippen LogP) is 4.35. The van der Waals surface area contributed by atoms with Crippen LogP contribution in [-0.2, 0) is 6.42 Å². The highest BCUT2D eigenvalue weighted by Crippen LogP contribution is 2.08. The van der Waals surface area contributed by atoms with Crippen molar-refractivity contribution in [1.29, 1.82) is 0 Å². The standard InChI is InChI=1S/C15H14O.2ClH/c16-15(14-9-5-2-6-10-14)12-11-13-7-3-1-4-8-13;;/h1-10H,11-12H2;2*1H. The van der Waals surface area contributed by atoms with Gasteiger partial charge in [-0.3, -0.25) is 4.79 Å². The molecule has 0 saturated carbocycles. The van der Waals surface area contributed by atoms with Gasteiger partial charge >= 0.3 is 0 Å². The Hall–Kier alpha value is -1.31. The second-order valence-corrected chi connectivity index (χ2v) is 3.77. The lowest BCUT2D eigenvalue weighted by Gasteiger charge is -2.01. The molecule has 2 aromatic carbocycles. The molecule has 0 amide bonds. The number of halogens is 2. The molecule has 96 valence electrons. The van der Waals surface area contributed by atoms with Crippen LogP contribution in [0.2, 0.25) is 0 Å². The maximum absolute atomic E-state index is 11.8. The lowest BCUT2D eigenvalue weighted by molar-refractivity contribution is 0.0983. The van der Waals surface area contributed by atoms with Crippen molar-refractivity contribution in [3.05, 3.63) is 71.8 Å². The summed E-state index contributed by atoms with van der Waals surface area (Å²) in [7, 11) is 0. The highest BCUT2D eigenvalue weighted by Gasteiger charge is 2.04. The van der Waals surface area contributed by atoms with Gasteiger partial charge in [-0.25, -0.2) is 0 Å². The van der Waals surface area contributed by atoms with Crippen molar-refractivity contribution in [1.82, 2.24) is 0 Å². The normalized spacial score (nSPS) is 8.89. The van der Waals surface area contributed by atoms with Gasteiger partial charge in [0.25, 0.3) is 0 Å². The Bertz CT molecular complexity index is 454. The fourth-order valence-corrected chi connectivity index (χ4v) is 1.67. The molecule has 2 rings (SSSR count). The fraction of sp³-hybridized carbons (Fsp3) is 0.133. The Balaban J connectivity index is 0.00000144. The van der Waals surface area contributed by atoms with E-state index in [0.29, 0.717) is 6.42 Å². The number of hydrogen-bond donors (Lipinski definition) is 0. The minimum Gasteiger partial charge on any atom is -0.294 e. The third-order valence-corrected chi connectivity index (χ3v) is 2.58. The zero-order valence-corrected chi connectivity index (χ0v) is 11.5. The maximum atomic E-state index is 11.8. The van der Waals surface area contributed by atoms with Crippen LogP contribution in [-0.4, -0.2) is 5.78 Å². The van der Waals surface area contributed by atoms with Crippen LogP contribution in [0.5, 0.6) is 0 Å². The van der Waals surface area contributed by atoms with Crippen LogP contribution in [0, 0.1) is 0 Å². The van der Waals surface area contributed by atoms with Crippen molar-refractivity contribution in [3.63, 3.8) is 0 Å². The maximum Gasteiger partial charge on any atom is 0.163 e. The molecule has 0 radical (unpaired) electrons. The topological polar surface area (TPSA) is 17.1 Å². The third-order valence-electron chi connectivity index (χ3n) is 2.58. The molecule has 3 heteroatoms. The van der Waals surface area contributed by atoms with E-state index in [9.17, 15) is 4.79 Å².